The van der Waals surface area contributed by atoms with Crippen LogP contribution >= 0.6 is 43.5 Å². The molecule has 0 amide bonds. The third-order valence-corrected chi connectivity index (χ3v) is 3.58. The van der Waals surface area contributed by atoms with Crippen molar-refractivity contribution in [2.75, 3.05) is 0 Å². The van der Waals surface area contributed by atoms with Crippen molar-refractivity contribution in [3.8, 4) is 6.07 Å². The van der Waals surface area contributed by atoms with Gasteiger partial charge in [0.1, 0.15) is 5.38 Å². The maximum Gasteiger partial charge on any atom is 0.145 e. The average Bonchev–Trinajstić information content (AvgIpc) is 2.08. The van der Waals surface area contributed by atoms with Crippen molar-refractivity contribution in [2.24, 2.45) is 0 Å². The summed E-state index contributed by atoms with van der Waals surface area (Å²) in [5, 5.41) is 7.96. The predicted octanol–water partition coefficient (Wildman–Crippen LogP) is 4.02. The lowest BCUT2D eigenvalue weighted by atomic mass is 10.2. The zero-order valence-electron chi connectivity index (χ0n) is 5.89. The Morgan fingerprint density at radius 3 is 2.50 bits per heavy atom. The number of rotatable bonds is 1. The summed E-state index contributed by atoms with van der Waals surface area (Å²) >= 11 is 12.4. The van der Waals surface area contributed by atoms with Crippen LogP contribution in [0.5, 0.6) is 0 Å². The van der Waals surface area contributed by atoms with Gasteiger partial charge in [-0.15, -0.1) is 11.6 Å². The number of halogens is 3. The molecule has 0 N–H and O–H groups in total. The number of hydrogen-bond acceptors (Lipinski definition) is 1. The number of nitriles is 1. The van der Waals surface area contributed by atoms with Gasteiger partial charge in [-0.25, -0.2) is 0 Å². The van der Waals surface area contributed by atoms with Gasteiger partial charge < -0.3 is 0 Å². The highest BCUT2D eigenvalue weighted by molar-refractivity contribution is 9.13. The summed E-state index contributed by atoms with van der Waals surface area (Å²) in [6, 6.07) is 7.45. The van der Waals surface area contributed by atoms with Crippen LogP contribution in [0.1, 0.15) is 10.9 Å². The molecular weight excluding hydrogens is 305 g/mol. The number of nitrogens with zero attached hydrogens (tertiary/aromatic N) is 1. The molecule has 0 saturated carbocycles. The monoisotopic (exact) mass is 307 g/mol. The quantitative estimate of drug-likeness (QED) is 0.719. The normalized spacial score (nSPS) is 12.2. The Morgan fingerprint density at radius 2 is 2.00 bits per heavy atom. The zero-order chi connectivity index (χ0) is 9.14. The van der Waals surface area contributed by atoms with Crippen LogP contribution in [-0.2, 0) is 0 Å². The summed E-state index contributed by atoms with van der Waals surface area (Å²) in [6.45, 7) is 0. The summed E-state index contributed by atoms with van der Waals surface area (Å²) in [6.07, 6.45) is 0. The van der Waals surface area contributed by atoms with Gasteiger partial charge in [-0.2, -0.15) is 5.26 Å². The molecule has 0 aliphatic heterocycles. The summed E-state index contributed by atoms with van der Waals surface area (Å²) in [5.41, 5.74) is 0.800. The second kappa shape index (κ2) is 4.27. The van der Waals surface area contributed by atoms with Gasteiger partial charge in [0.15, 0.2) is 0 Å². The van der Waals surface area contributed by atoms with Crippen molar-refractivity contribution >= 4 is 43.5 Å². The van der Waals surface area contributed by atoms with Crippen LogP contribution in [0.25, 0.3) is 0 Å². The molecule has 0 aliphatic rings. The molecule has 0 saturated heterocycles. The lowest BCUT2D eigenvalue weighted by Crippen LogP contribution is -1.85. The molecule has 1 aromatic carbocycles. The molecule has 0 heterocycles. The molecule has 0 bridgehead atoms. The molecular formula is C8H4Br2ClN. The summed E-state index contributed by atoms with van der Waals surface area (Å²) in [7, 11) is 0. The lowest BCUT2D eigenvalue weighted by Gasteiger charge is -2.02. The molecule has 0 aromatic heterocycles. The molecule has 0 spiro atoms. The van der Waals surface area contributed by atoms with E-state index in [0.29, 0.717) is 0 Å². The number of hydrogen-bond donors (Lipinski definition) is 0. The molecule has 1 nitrogen and oxygen atoms in total. The van der Waals surface area contributed by atoms with Crippen LogP contribution in [0.4, 0.5) is 0 Å². The van der Waals surface area contributed by atoms with E-state index in [1.165, 1.54) is 0 Å². The van der Waals surface area contributed by atoms with Crippen LogP contribution in [0.3, 0.4) is 0 Å². The highest BCUT2D eigenvalue weighted by Crippen LogP contribution is 2.28. The third-order valence-electron chi connectivity index (χ3n) is 1.35. The number of alkyl halides is 1. The Hall–Kier alpha value is -0.0400. The van der Waals surface area contributed by atoms with Gasteiger partial charge >= 0.3 is 0 Å². The first-order chi connectivity index (χ1) is 5.65. The maximum atomic E-state index is 8.54. The first-order valence-corrected chi connectivity index (χ1v) is 5.16. The van der Waals surface area contributed by atoms with Crippen molar-refractivity contribution in [3.63, 3.8) is 0 Å². The second-order valence-electron chi connectivity index (χ2n) is 2.17. The first-order valence-electron chi connectivity index (χ1n) is 3.14. The molecule has 1 atom stereocenters. The maximum absolute atomic E-state index is 8.54. The molecule has 0 aliphatic carbocycles. The fraction of sp³-hybridized carbons (Fsp3) is 0.125. The van der Waals surface area contributed by atoms with Gasteiger partial charge in [-0.1, -0.05) is 6.07 Å². The Kier molecular flexibility index (Phi) is 3.57. The van der Waals surface area contributed by atoms with Crippen molar-refractivity contribution < 1.29 is 0 Å². The second-order valence-corrected chi connectivity index (χ2v) is 4.31. The number of benzene rings is 1. The van der Waals surface area contributed by atoms with Gasteiger partial charge in [0.05, 0.1) is 6.07 Å². The lowest BCUT2D eigenvalue weighted by molar-refractivity contribution is 1.20. The summed E-state index contributed by atoms with van der Waals surface area (Å²) < 4.78 is 1.86. The van der Waals surface area contributed by atoms with Crippen LogP contribution in [0, 0.1) is 11.3 Å². The van der Waals surface area contributed by atoms with Crippen molar-refractivity contribution in [2.45, 2.75) is 5.38 Å². The molecule has 0 radical (unpaired) electrons. The van der Waals surface area contributed by atoms with Crippen molar-refractivity contribution in [3.05, 3.63) is 32.7 Å². The summed E-state index contributed by atoms with van der Waals surface area (Å²) in [4.78, 5) is 0. The van der Waals surface area contributed by atoms with Gasteiger partial charge in [-0.05, 0) is 49.6 Å². The van der Waals surface area contributed by atoms with Crippen LogP contribution in [-0.4, -0.2) is 0 Å². The Labute approximate surface area is 92.6 Å². The smallest absolute Gasteiger partial charge is 0.145 e. The largest absolute Gasteiger partial charge is 0.196 e. The minimum absolute atomic E-state index is 0.575. The van der Waals surface area contributed by atoms with E-state index in [9.17, 15) is 0 Å². The topological polar surface area (TPSA) is 23.8 Å². The molecule has 1 unspecified atom stereocenters. The van der Waals surface area contributed by atoms with Gasteiger partial charge in [-0.3, -0.25) is 0 Å². The Bertz CT molecular complexity index is 332. The molecule has 0 fully saturated rings. The van der Waals surface area contributed by atoms with E-state index < -0.39 is 5.38 Å². The Balaban J connectivity index is 3.06. The van der Waals surface area contributed by atoms with E-state index in [0.717, 1.165) is 14.5 Å². The first kappa shape index (κ1) is 10.0. The highest BCUT2D eigenvalue weighted by Gasteiger charge is 2.07. The highest BCUT2D eigenvalue weighted by atomic mass is 79.9. The minimum atomic E-state index is -0.575. The van der Waals surface area contributed by atoms with Crippen molar-refractivity contribution in [1.82, 2.24) is 0 Å². The fourth-order valence-electron chi connectivity index (χ4n) is 0.745. The molecule has 62 valence electrons. The van der Waals surface area contributed by atoms with Crippen LogP contribution in [0.2, 0.25) is 0 Å². The van der Waals surface area contributed by atoms with E-state index in [4.69, 9.17) is 16.9 Å². The summed E-state index contributed by atoms with van der Waals surface area (Å²) in [5.74, 6) is 0. The SMILES string of the molecule is N#CC(Cl)c1ccc(Br)c(Br)c1. The van der Waals surface area contributed by atoms with Crippen molar-refractivity contribution in [1.29, 1.82) is 5.26 Å². The van der Waals surface area contributed by atoms with Crippen LogP contribution in [0.15, 0.2) is 27.1 Å². The van der Waals surface area contributed by atoms with E-state index in [-0.39, 0.29) is 0 Å². The molecule has 12 heavy (non-hydrogen) atoms. The van der Waals surface area contributed by atoms with Gasteiger partial charge in [0, 0.05) is 8.95 Å². The predicted molar refractivity (Wildman–Crippen MR) is 56.0 cm³/mol. The molecule has 4 heteroatoms. The van der Waals surface area contributed by atoms with E-state index >= 15 is 0 Å². The molecule has 1 aromatic rings. The minimum Gasteiger partial charge on any atom is -0.196 e. The van der Waals surface area contributed by atoms with Gasteiger partial charge in [0.25, 0.3) is 0 Å². The van der Waals surface area contributed by atoms with Crippen LogP contribution < -0.4 is 0 Å². The zero-order valence-corrected chi connectivity index (χ0v) is 9.82. The van der Waals surface area contributed by atoms with E-state index in [2.05, 4.69) is 31.9 Å². The third kappa shape index (κ3) is 2.22. The standard InChI is InChI=1S/C8H4Br2ClN/c9-6-2-1-5(3-7(6)10)8(11)4-12/h1-3,8H. The van der Waals surface area contributed by atoms with Gasteiger partial charge in [0.2, 0.25) is 0 Å². The van der Waals surface area contributed by atoms with E-state index in [1.807, 2.05) is 24.3 Å². The van der Waals surface area contributed by atoms with E-state index in [1.54, 1.807) is 0 Å². The fourth-order valence-corrected chi connectivity index (χ4v) is 1.52. The Morgan fingerprint density at radius 1 is 1.33 bits per heavy atom. The average molecular weight is 309 g/mol. The molecule has 1 rings (SSSR count).